The van der Waals surface area contributed by atoms with Crippen LogP contribution in [0, 0.1) is 0 Å². The van der Waals surface area contributed by atoms with Crippen LogP contribution in [0.1, 0.15) is 5.56 Å². The van der Waals surface area contributed by atoms with E-state index in [1.54, 1.807) is 24.3 Å². The van der Waals surface area contributed by atoms with Crippen LogP contribution in [0.4, 0.5) is 18.9 Å². The monoisotopic (exact) mass is 412 g/mol. The Kier molecular flexibility index (Phi) is 6.31. The van der Waals surface area contributed by atoms with Crippen LogP contribution in [0.2, 0.25) is 15.1 Å². The number of nitrogens with two attached hydrogens (primary N) is 1. The molecule has 2 aromatic rings. The third kappa shape index (κ3) is 5.48. The van der Waals surface area contributed by atoms with Crippen LogP contribution in [-0.2, 0) is 0 Å². The molecule has 0 aliphatic carbocycles. The molecule has 0 saturated heterocycles. The summed E-state index contributed by atoms with van der Waals surface area (Å²) < 4.78 is 37.1. The number of halogens is 6. The van der Waals surface area contributed by atoms with Crippen molar-refractivity contribution in [3.63, 3.8) is 0 Å². The lowest BCUT2D eigenvalue weighted by atomic mass is 10.2. The van der Waals surface area contributed by atoms with Crippen molar-refractivity contribution in [1.82, 2.24) is 0 Å². The van der Waals surface area contributed by atoms with E-state index in [2.05, 4.69) is 4.99 Å². The minimum absolute atomic E-state index is 0.123. The van der Waals surface area contributed by atoms with E-state index < -0.39 is 11.9 Å². The molecule has 2 N–H and O–H groups in total. The highest BCUT2D eigenvalue weighted by Crippen LogP contribution is 2.38. The van der Waals surface area contributed by atoms with Gasteiger partial charge in [0.05, 0.1) is 21.5 Å². The molecule has 128 valence electrons. The normalized spacial score (nSPS) is 12.5. The number of alkyl halides is 3. The van der Waals surface area contributed by atoms with Crippen molar-refractivity contribution in [2.45, 2.75) is 11.1 Å². The van der Waals surface area contributed by atoms with Crippen LogP contribution in [0.3, 0.4) is 0 Å². The van der Waals surface area contributed by atoms with E-state index in [0.717, 1.165) is 0 Å². The van der Waals surface area contributed by atoms with E-state index in [1.165, 1.54) is 12.1 Å². The molecule has 2 nitrogen and oxygen atoms in total. The Bertz CT molecular complexity index is 762. The summed E-state index contributed by atoms with van der Waals surface area (Å²) in [5.74, 6) is -0.910. The summed E-state index contributed by atoms with van der Waals surface area (Å²) in [6, 6.07) is 9.36. The molecule has 0 amide bonds. The maximum absolute atomic E-state index is 12.4. The van der Waals surface area contributed by atoms with Crippen LogP contribution in [0.15, 0.2) is 46.3 Å². The Labute approximate surface area is 155 Å². The molecule has 0 aromatic heterocycles. The number of rotatable bonds is 4. The van der Waals surface area contributed by atoms with Gasteiger partial charge in [0.2, 0.25) is 0 Å². The molecule has 24 heavy (non-hydrogen) atoms. The summed E-state index contributed by atoms with van der Waals surface area (Å²) >= 11 is 18.3. The Morgan fingerprint density at radius 1 is 1.04 bits per heavy atom. The van der Waals surface area contributed by atoms with Gasteiger partial charge in [-0.05, 0) is 36.4 Å². The molecule has 0 fully saturated rings. The van der Waals surface area contributed by atoms with Gasteiger partial charge in [0.15, 0.2) is 0 Å². The van der Waals surface area contributed by atoms with Gasteiger partial charge in [-0.25, -0.2) is 4.99 Å². The van der Waals surface area contributed by atoms with Crippen LogP contribution in [0.5, 0.6) is 0 Å². The highest BCUT2D eigenvalue weighted by atomic mass is 35.5. The van der Waals surface area contributed by atoms with Crippen molar-refractivity contribution in [3.8, 4) is 0 Å². The standard InChI is InChI=1S/C15H10Cl3F3N2S/c16-9-3-1-8(2-4-9)14(22)23-12-6-13(11(18)5-10(12)17)24-7-15(19,20)21/h1-6H,7H2,(H2,22,23). The molecule has 2 rings (SSSR count). The van der Waals surface area contributed by atoms with Crippen molar-refractivity contribution in [2.75, 3.05) is 5.75 Å². The first kappa shape index (κ1) is 19.2. The molecular formula is C15H10Cl3F3N2S. The average molecular weight is 414 g/mol. The third-order valence-corrected chi connectivity index (χ3v) is 4.87. The van der Waals surface area contributed by atoms with Gasteiger partial charge < -0.3 is 5.73 Å². The summed E-state index contributed by atoms with van der Waals surface area (Å²) in [4.78, 5) is 4.39. The van der Waals surface area contributed by atoms with Gasteiger partial charge >= 0.3 is 6.18 Å². The van der Waals surface area contributed by atoms with Gasteiger partial charge in [-0.15, -0.1) is 11.8 Å². The van der Waals surface area contributed by atoms with Crippen molar-refractivity contribution >= 4 is 58.1 Å². The van der Waals surface area contributed by atoms with Crippen molar-refractivity contribution in [3.05, 3.63) is 57.0 Å². The minimum atomic E-state index is -4.31. The largest absolute Gasteiger partial charge is 0.398 e. The van der Waals surface area contributed by atoms with Gasteiger partial charge in [-0.1, -0.05) is 34.8 Å². The second-order valence-corrected chi connectivity index (χ2v) is 6.91. The fourth-order valence-corrected chi connectivity index (χ4v) is 3.12. The lowest BCUT2D eigenvalue weighted by molar-refractivity contribution is -0.105. The van der Waals surface area contributed by atoms with Crippen LogP contribution >= 0.6 is 46.6 Å². The minimum Gasteiger partial charge on any atom is -0.383 e. The smallest absolute Gasteiger partial charge is 0.383 e. The third-order valence-electron chi connectivity index (χ3n) is 2.77. The van der Waals surface area contributed by atoms with Gasteiger partial charge in [-0.2, -0.15) is 13.2 Å². The van der Waals surface area contributed by atoms with Gasteiger partial charge in [0, 0.05) is 15.5 Å². The Morgan fingerprint density at radius 3 is 2.25 bits per heavy atom. The van der Waals surface area contributed by atoms with Crippen LogP contribution < -0.4 is 5.73 Å². The second-order valence-electron chi connectivity index (χ2n) is 4.64. The number of benzene rings is 2. The summed E-state index contributed by atoms with van der Waals surface area (Å²) in [5, 5.41) is 0.855. The summed E-state index contributed by atoms with van der Waals surface area (Å²) in [7, 11) is 0. The molecule has 2 aromatic carbocycles. The zero-order valence-corrected chi connectivity index (χ0v) is 15.0. The first-order chi connectivity index (χ1) is 11.2. The first-order valence-corrected chi connectivity index (χ1v) is 8.56. The topological polar surface area (TPSA) is 38.4 Å². The molecule has 0 unspecified atom stereocenters. The fourth-order valence-electron chi connectivity index (χ4n) is 1.69. The molecular weight excluding hydrogens is 404 g/mol. The summed E-state index contributed by atoms with van der Waals surface area (Å²) in [5.41, 5.74) is 6.75. The first-order valence-electron chi connectivity index (χ1n) is 6.44. The van der Waals surface area contributed by atoms with Gasteiger partial charge in [0.1, 0.15) is 5.84 Å². The number of hydrogen-bond donors (Lipinski definition) is 1. The fraction of sp³-hybridized carbons (Fsp3) is 0.133. The quantitative estimate of drug-likeness (QED) is 0.361. The second kappa shape index (κ2) is 7.87. The number of aliphatic imine (C=N–C) groups is 1. The molecule has 0 saturated carbocycles. The van der Waals surface area contributed by atoms with E-state index in [9.17, 15) is 13.2 Å². The molecule has 0 spiro atoms. The lowest BCUT2D eigenvalue weighted by Crippen LogP contribution is -2.12. The molecule has 0 aliphatic heterocycles. The lowest BCUT2D eigenvalue weighted by Gasteiger charge is -2.10. The van der Waals surface area contributed by atoms with Crippen LogP contribution in [0.25, 0.3) is 0 Å². The zero-order valence-electron chi connectivity index (χ0n) is 11.9. The van der Waals surface area contributed by atoms with E-state index >= 15 is 0 Å². The number of amidine groups is 1. The van der Waals surface area contributed by atoms with E-state index in [-0.39, 0.29) is 26.5 Å². The van der Waals surface area contributed by atoms with Crippen molar-refractivity contribution in [2.24, 2.45) is 10.7 Å². The summed E-state index contributed by atoms with van der Waals surface area (Å²) in [6.45, 7) is 0. The van der Waals surface area contributed by atoms with Crippen LogP contribution in [-0.4, -0.2) is 17.8 Å². The molecule has 0 atom stereocenters. The van der Waals surface area contributed by atoms with Crippen molar-refractivity contribution in [1.29, 1.82) is 0 Å². The molecule has 0 heterocycles. The Morgan fingerprint density at radius 2 is 1.67 bits per heavy atom. The molecule has 0 bridgehead atoms. The van der Waals surface area contributed by atoms with Gasteiger partial charge in [0.25, 0.3) is 0 Å². The number of thioether (sulfide) groups is 1. The van der Waals surface area contributed by atoms with E-state index in [4.69, 9.17) is 40.5 Å². The molecule has 0 aliphatic rings. The van der Waals surface area contributed by atoms with Crippen molar-refractivity contribution < 1.29 is 13.2 Å². The molecule has 9 heteroatoms. The van der Waals surface area contributed by atoms with E-state index in [1.807, 2.05) is 0 Å². The van der Waals surface area contributed by atoms with Gasteiger partial charge in [-0.3, -0.25) is 0 Å². The zero-order chi connectivity index (χ0) is 17.9. The Balaban J connectivity index is 2.32. The Hall–Kier alpha value is -1.08. The highest BCUT2D eigenvalue weighted by Gasteiger charge is 2.27. The SMILES string of the molecule is NC(=Nc1cc(SCC(F)(F)F)c(Cl)cc1Cl)c1ccc(Cl)cc1. The number of hydrogen-bond acceptors (Lipinski definition) is 2. The number of nitrogens with zero attached hydrogens (tertiary/aromatic N) is 1. The average Bonchev–Trinajstić information content (AvgIpc) is 2.48. The van der Waals surface area contributed by atoms with E-state index in [0.29, 0.717) is 22.3 Å². The predicted molar refractivity (Wildman–Crippen MR) is 95.1 cm³/mol. The maximum atomic E-state index is 12.4. The highest BCUT2D eigenvalue weighted by molar-refractivity contribution is 7.99. The summed E-state index contributed by atoms with van der Waals surface area (Å²) in [6.07, 6.45) is -4.31. The molecule has 0 radical (unpaired) electrons. The predicted octanol–water partition coefficient (Wildman–Crippen LogP) is 6.34. The maximum Gasteiger partial charge on any atom is 0.398 e.